The molecule has 0 bridgehead atoms. The molecule has 4 aromatic rings. The van der Waals surface area contributed by atoms with Gasteiger partial charge in [0.15, 0.2) is 4.80 Å². The summed E-state index contributed by atoms with van der Waals surface area (Å²) in [6.07, 6.45) is 1.84. The number of aromatic nitrogens is 1. The van der Waals surface area contributed by atoms with Gasteiger partial charge in [0.05, 0.1) is 36.5 Å². The van der Waals surface area contributed by atoms with Gasteiger partial charge in [-0.05, 0) is 94.7 Å². The highest BCUT2D eigenvalue weighted by Gasteiger charge is 2.33. The first-order chi connectivity index (χ1) is 19.7. The number of rotatable bonds is 7. The van der Waals surface area contributed by atoms with E-state index in [1.165, 1.54) is 11.3 Å². The van der Waals surface area contributed by atoms with E-state index in [9.17, 15) is 9.59 Å². The van der Waals surface area contributed by atoms with Crippen molar-refractivity contribution in [2.24, 2.45) is 4.99 Å². The van der Waals surface area contributed by atoms with Crippen LogP contribution in [-0.2, 0) is 16.1 Å². The third kappa shape index (κ3) is 6.23. The number of nitrogens with zero attached hydrogens (tertiary/aromatic N) is 2. The van der Waals surface area contributed by atoms with E-state index < -0.39 is 12.0 Å². The largest absolute Gasteiger partial charge is 0.487 e. The second-order valence-corrected chi connectivity index (χ2v) is 12.8. The van der Waals surface area contributed by atoms with Gasteiger partial charge in [0.1, 0.15) is 12.4 Å². The lowest BCUT2D eigenvalue weighted by atomic mass is 9.95. The summed E-state index contributed by atoms with van der Waals surface area (Å²) in [6, 6.07) is 18.6. The molecule has 41 heavy (non-hydrogen) atoms. The fourth-order valence-electron chi connectivity index (χ4n) is 4.57. The average Bonchev–Trinajstić information content (AvgIpc) is 3.23. The van der Waals surface area contributed by atoms with Crippen LogP contribution in [0.2, 0.25) is 5.02 Å². The van der Waals surface area contributed by atoms with Crippen LogP contribution in [0.1, 0.15) is 42.1 Å². The molecule has 0 fully saturated rings. The summed E-state index contributed by atoms with van der Waals surface area (Å²) in [5.74, 6) is 0.220. The second-order valence-electron chi connectivity index (χ2n) is 9.41. The molecule has 1 aliphatic heterocycles. The van der Waals surface area contributed by atoms with Crippen LogP contribution in [0.3, 0.4) is 0 Å². The van der Waals surface area contributed by atoms with Crippen molar-refractivity contribution in [2.45, 2.75) is 33.4 Å². The van der Waals surface area contributed by atoms with E-state index >= 15 is 0 Å². The van der Waals surface area contributed by atoms with Gasteiger partial charge in [0.2, 0.25) is 0 Å². The SMILES string of the molecule is CCOC(=O)C1=C(C)N=c2s/c(=C/c3cc(Br)c(OCc4ccccc4Cl)c(I)c3)c(=O)n2[C@H]1c1ccc(C)cc1. The summed E-state index contributed by atoms with van der Waals surface area (Å²) < 4.78 is 15.2. The monoisotopic (exact) mass is 762 g/mol. The molecule has 1 aliphatic rings. The molecule has 2 heterocycles. The van der Waals surface area contributed by atoms with Crippen molar-refractivity contribution < 1.29 is 14.3 Å². The number of allylic oxidation sites excluding steroid dienone is 1. The summed E-state index contributed by atoms with van der Waals surface area (Å²) in [5.41, 5.74) is 4.30. The van der Waals surface area contributed by atoms with Crippen molar-refractivity contribution in [3.8, 4) is 5.75 Å². The number of esters is 1. The molecule has 3 aromatic carbocycles. The number of fused-ring (bicyclic) bond motifs is 1. The highest BCUT2D eigenvalue weighted by molar-refractivity contribution is 14.1. The molecule has 0 spiro atoms. The maximum absolute atomic E-state index is 13.9. The van der Waals surface area contributed by atoms with Crippen molar-refractivity contribution in [3.05, 3.63) is 127 Å². The topological polar surface area (TPSA) is 69.9 Å². The van der Waals surface area contributed by atoms with Crippen LogP contribution in [0.25, 0.3) is 6.08 Å². The molecule has 0 amide bonds. The number of carbonyl (C=O) groups excluding carboxylic acids is 1. The Labute approximate surface area is 268 Å². The molecule has 0 aliphatic carbocycles. The third-order valence-corrected chi connectivity index (χ3v) is 9.30. The molecule has 210 valence electrons. The summed E-state index contributed by atoms with van der Waals surface area (Å²) in [6.45, 7) is 6.09. The van der Waals surface area contributed by atoms with E-state index in [4.69, 9.17) is 21.1 Å². The van der Waals surface area contributed by atoms with Gasteiger partial charge in [-0.2, -0.15) is 0 Å². The normalized spacial score (nSPS) is 15.0. The van der Waals surface area contributed by atoms with E-state index in [-0.39, 0.29) is 12.2 Å². The van der Waals surface area contributed by atoms with Crippen LogP contribution in [-0.4, -0.2) is 17.1 Å². The number of ether oxygens (including phenoxy) is 2. The molecule has 0 unspecified atom stereocenters. The fraction of sp³-hybridized carbons (Fsp3) is 0.194. The Kier molecular flexibility index (Phi) is 9.18. The maximum Gasteiger partial charge on any atom is 0.338 e. The van der Waals surface area contributed by atoms with Crippen molar-refractivity contribution in [1.29, 1.82) is 0 Å². The second kappa shape index (κ2) is 12.6. The lowest BCUT2D eigenvalue weighted by Crippen LogP contribution is -2.39. The fourth-order valence-corrected chi connectivity index (χ4v) is 7.58. The van der Waals surface area contributed by atoms with Gasteiger partial charge in [-0.1, -0.05) is 71.0 Å². The van der Waals surface area contributed by atoms with Crippen LogP contribution >= 0.6 is 61.5 Å². The van der Waals surface area contributed by atoms with E-state index in [1.54, 1.807) is 18.4 Å². The third-order valence-electron chi connectivity index (χ3n) is 6.56. The Morgan fingerprint density at radius 2 is 1.90 bits per heavy atom. The molecular formula is C31H25BrClIN2O4S. The zero-order chi connectivity index (χ0) is 29.3. The molecule has 5 rings (SSSR count). The lowest BCUT2D eigenvalue weighted by molar-refractivity contribution is -0.139. The van der Waals surface area contributed by atoms with Gasteiger partial charge in [-0.3, -0.25) is 9.36 Å². The van der Waals surface area contributed by atoms with E-state index in [2.05, 4.69) is 43.5 Å². The van der Waals surface area contributed by atoms with Crippen LogP contribution in [0.5, 0.6) is 5.75 Å². The lowest BCUT2D eigenvalue weighted by Gasteiger charge is -2.24. The molecule has 1 atom stereocenters. The van der Waals surface area contributed by atoms with Crippen molar-refractivity contribution >= 4 is 73.5 Å². The van der Waals surface area contributed by atoms with Gasteiger partial charge in [-0.25, -0.2) is 9.79 Å². The van der Waals surface area contributed by atoms with Crippen LogP contribution in [0.4, 0.5) is 0 Å². The van der Waals surface area contributed by atoms with Gasteiger partial charge < -0.3 is 9.47 Å². The Bertz CT molecular complexity index is 1840. The van der Waals surface area contributed by atoms with Gasteiger partial charge >= 0.3 is 5.97 Å². The molecule has 0 saturated heterocycles. The quantitative estimate of drug-likeness (QED) is 0.155. The first-order valence-corrected chi connectivity index (χ1v) is 15.9. The number of thiazole rings is 1. The molecule has 10 heteroatoms. The van der Waals surface area contributed by atoms with Gasteiger partial charge in [0.25, 0.3) is 5.56 Å². The standard InChI is InChI=1S/C31H25BrClIN2O4S/c1-4-39-30(38)26-18(3)35-31-36(27(26)20-11-9-17(2)10-12-20)29(37)25(41-31)15-19-13-22(32)28(24(34)14-19)40-16-21-7-5-6-8-23(21)33/h5-15,27H,4,16H2,1-3H3/b25-15+/t27-/m0/s1. The zero-order valence-corrected chi connectivity index (χ0v) is 27.7. The molecule has 0 N–H and O–H groups in total. The molecule has 1 aromatic heterocycles. The Hall–Kier alpha value is -2.73. The Morgan fingerprint density at radius 3 is 2.59 bits per heavy atom. The number of aryl methyl sites for hydroxylation is 1. The minimum absolute atomic E-state index is 0.223. The van der Waals surface area contributed by atoms with Crippen LogP contribution in [0.15, 0.2) is 86.2 Å². The summed E-state index contributed by atoms with van der Waals surface area (Å²) >= 11 is 13.4. The number of hydrogen-bond acceptors (Lipinski definition) is 6. The summed E-state index contributed by atoms with van der Waals surface area (Å²) in [4.78, 5) is 32.1. The van der Waals surface area contributed by atoms with Crippen LogP contribution < -0.4 is 19.6 Å². The number of halogens is 3. The average molecular weight is 764 g/mol. The Morgan fingerprint density at radius 1 is 1.17 bits per heavy atom. The first kappa shape index (κ1) is 29.8. The van der Waals surface area contributed by atoms with Gasteiger partial charge in [0, 0.05) is 10.6 Å². The highest BCUT2D eigenvalue weighted by Crippen LogP contribution is 2.34. The minimum Gasteiger partial charge on any atom is -0.487 e. The first-order valence-electron chi connectivity index (χ1n) is 12.8. The number of benzene rings is 3. The van der Waals surface area contributed by atoms with Gasteiger partial charge in [-0.15, -0.1) is 0 Å². The van der Waals surface area contributed by atoms with E-state index in [0.29, 0.717) is 38.0 Å². The van der Waals surface area contributed by atoms with Crippen molar-refractivity contribution in [1.82, 2.24) is 4.57 Å². The smallest absolute Gasteiger partial charge is 0.338 e. The molecule has 6 nitrogen and oxygen atoms in total. The molecule has 0 saturated carbocycles. The Balaban J connectivity index is 1.56. The summed E-state index contributed by atoms with van der Waals surface area (Å²) in [7, 11) is 0. The predicted octanol–water partition coefficient (Wildman–Crippen LogP) is 6.71. The minimum atomic E-state index is -0.638. The van der Waals surface area contributed by atoms with Crippen LogP contribution in [0, 0.1) is 10.5 Å². The van der Waals surface area contributed by atoms with Crippen molar-refractivity contribution in [3.63, 3.8) is 0 Å². The predicted molar refractivity (Wildman–Crippen MR) is 174 cm³/mol. The zero-order valence-electron chi connectivity index (χ0n) is 22.4. The number of carbonyl (C=O) groups is 1. The highest BCUT2D eigenvalue weighted by atomic mass is 127. The summed E-state index contributed by atoms with van der Waals surface area (Å²) in [5, 5.41) is 0.649. The van der Waals surface area contributed by atoms with E-state index in [1.807, 2.05) is 73.7 Å². The van der Waals surface area contributed by atoms with E-state index in [0.717, 1.165) is 30.3 Å². The molecular weight excluding hydrogens is 739 g/mol. The van der Waals surface area contributed by atoms with Crippen molar-refractivity contribution in [2.75, 3.05) is 6.61 Å². The molecule has 0 radical (unpaired) electrons. The number of hydrogen-bond donors (Lipinski definition) is 0. The maximum atomic E-state index is 13.9.